The van der Waals surface area contributed by atoms with Crippen LogP contribution in [0.2, 0.25) is 5.02 Å². The maximum atomic E-state index is 12.6. The fraction of sp³-hybridized carbons (Fsp3) is 0.562. The SMILES string of the molecule is CC(C)CC1CN(C(=O)c2ccc(Cl)cc2)CCCN1. The summed E-state index contributed by atoms with van der Waals surface area (Å²) in [6.45, 7) is 7.04. The molecule has 3 nitrogen and oxygen atoms in total. The Bertz CT molecular complexity index is 444. The topological polar surface area (TPSA) is 32.3 Å². The lowest BCUT2D eigenvalue weighted by molar-refractivity contribution is 0.0749. The number of carbonyl (C=O) groups is 1. The van der Waals surface area contributed by atoms with Crippen molar-refractivity contribution in [2.24, 2.45) is 5.92 Å². The summed E-state index contributed by atoms with van der Waals surface area (Å²) in [4.78, 5) is 14.5. The minimum Gasteiger partial charge on any atom is -0.337 e. The third kappa shape index (κ3) is 4.22. The highest BCUT2D eigenvalue weighted by molar-refractivity contribution is 6.30. The normalized spacial score (nSPS) is 20.0. The van der Waals surface area contributed by atoms with Crippen molar-refractivity contribution in [2.75, 3.05) is 19.6 Å². The fourth-order valence-electron chi connectivity index (χ4n) is 2.68. The zero-order valence-electron chi connectivity index (χ0n) is 12.2. The Hall–Kier alpha value is -1.06. The molecule has 1 aromatic rings. The molecule has 1 aromatic carbocycles. The molecular formula is C16H23ClN2O. The molecular weight excluding hydrogens is 272 g/mol. The molecule has 1 heterocycles. The van der Waals surface area contributed by atoms with Gasteiger partial charge in [-0.1, -0.05) is 25.4 Å². The average molecular weight is 295 g/mol. The lowest BCUT2D eigenvalue weighted by Crippen LogP contribution is -2.41. The zero-order chi connectivity index (χ0) is 14.5. The van der Waals surface area contributed by atoms with Gasteiger partial charge in [-0.2, -0.15) is 0 Å². The van der Waals surface area contributed by atoms with Crippen LogP contribution in [0.5, 0.6) is 0 Å². The minimum atomic E-state index is 0.110. The van der Waals surface area contributed by atoms with Crippen LogP contribution in [0.15, 0.2) is 24.3 Å². The van der Waals surface area contributed by atoms with Crippen LogP contribution in [0.3, 0.4) is 0 Å². The number of nitrogens with one attached hydrogen (secondary N) is 1. The predicted molar refractivity (Wildman–Crippen MR) is 83.2 cm³/mol. The smallest absolute Gasteiger partial charge is 0.253 e. The van der Waals surface area contributed by atoms with E-state index in [1.807, 2.05) is 4.90 Å². The molecule has 1 aliphatic rings. The minimum absolute atomic E-state index is 0.110. The van der Waals surface area contributed by atoms with E-state index in [4.69, 9.17) is 11.6 Å². The van der Waals surface area contributed by atoms with Crippen molar-refractivity contribution in [1.82, 2.24) is 10.2 Å². The molecule has 1 unspecified atom stereocenters. The maximum Gasteiger partial charge on any atom is 0.253 e. The Labute approximate surface area is 126 Å². The molecule has 1 atom stereocenters. The molecule has 2 rings (SSSR count). The van der Waals surface area contributed by atoms with Crippen molar-refractivity contribution in [1.29, 1.82) is 0 Å². The van der Waals surface area contributed by atoms with Gasteiger partial charge in [-0.3, -0.25) is 4.79 Å². The van der Waals surface area contributed by atoms with Crippen LogP contribution in [0.4, 0.5) is 0 Å². The Morgan fingerprint density at radius 1 is 1.40 bits per heavy atom. The number of amides is 1. The lowest BCUT2D eigenvalue weighted by atomic mass is 10.0. The second-order valence-corrected chi connectivity index (χ2v) is 6.33. The monoisotopic (exact) mass is 294 g/mol. The maximum absolute atomic E-state index is 12.6. The Kier molecular flexibility index (Phi) is 5.44. The van der Waals surface area contributed by atoms with Crippen molar-refractivity contribution in [3.63, 3.8) is 0 Å². The quantitative estimate of drug-likeness (QED) is 0.928. The van der Waals surface area contributed by atoms with Gasteiger partial charge in [-0.15, -0.1) is 0 Å². The summed E-state index contributed by atoms with van der Waals surface area (Å²) in [5, 5.41) is 4.21. The average Bonchev–Trinajstić information content (AvgIpc) is 2.63. The number of benzene rings is 1. The Balaban J connectivity index is 2.05. The molecule has 1 amide bonds. The first-order valence-corrected chi connectivity index (χ1v) is 7.72. The number of hydrogen-bond donors (Lipinski definition) is 1. The first-order valence-electron chi connectivity index (χ1n) is 7.34. The third-order valence-electron chi connectivity index (χ3n) is 3.61. The fourth-order valence-corrected chi connectivity index (χ4v) is 2.81. The summed E-state index contributed by atoms with van der Waals surface area (Å²) < 4.78 is 0. The summed E-state index contributed by atoms with van der Waals surface area (Å²) >= 11 is 5.87. The van der Waals surface area contributed by atoms with E-state index in [0.717, 1.165) is 38.0 Å². The summed E-state index contributed by atoms with van der Waals surface area (Å²) in [6, 6.07) is 7.56. The number of rotatable bonds is 3. The Morgan fingerprint density at radius 2 is 2.10 bits per heavy atom. The van der Waals surface area contributed by atoms with Gasteiger partial charge in [-0.25, -0.2) is 0 Å². The lowest BCUT2D eigenvalue weighted by Gasteiger charge is -2.25. The highest BCUT2D eigenvalue weighted by atomic mass is 35.5. The molecule has 110 valence electrons. The summed E-state index contributed by atoms with van der Waals surface area (Å²) in [6.07, 6.45) is 2.11. The van der Waals surface area contributed by atoms with Crippen LogP contribution in [-0.4, -0.2) is 36.5 Å². The van der Waals surface area contributed by atoms with Crippen LogP contribution in [0.1, 0.15) is 37.0 Å². The molecule has 0 aliphatic carbocycles. The summed E-state index contributed by atoms with van der Waals surface area (Å²) in [5.41, 5.74) is 0.722. The van der Waals surface area contributed by atoms with E-state index in [2.05, 4.69) is 19.2 Å². The van der Waals surface area contributed by atoms with Gasteiger partial charge in [0.15, 0.2) is 0 Å². The van der Waals surface area contributed by atoms with Crippen LogP contribution in [0, 0.1) is 5.92 Å². The van der Waals surface area contributed by atoms with Gasteiger partial charge in [0.1, 0.15) is 0 Å². The summed E-state index contributed by atoms with van der Waals surface area (Å²) in [5.74, 6) is 0.747. The molecule has 4 heteroatoms. The molecule has 1 fully saturated rings. The van der Waals surface area contributed by atoms with E-state index in [-0.39, 0.29) is 5.91 Å². The number of carbonyl (C=O) groups excluding carboxylic acids is 1. The Morgan fingerprint density at radius 3 is 2.75 bits per heavy atom. The molecule has 20 heavy (non-hydrogen) atoms. The van der Waals surface area contributed by atoms with Crippen molar-refractivity contribution in [2.45, 2.75) is 32.7 Å². The number of hydrogen-bond acceptors (Lipinski definition) is 2. The third-order valence-corrected chi connectivity index (χ3v) is 3.86. The standard InChI is InChI=1S/C16H23ClN2O/c1-12(2)10-15-11-19(9-3-8-18-15)16(20)13-4-6-14(17)7-5-13/h4-7,12,15,18H,3,8-11H2,1-2H3. The van der Waals surface area contributed by atoms with E-state index < -0.39 is 0 Å². The van der Waals surface area contributed by atoms with Crippen molar-refractivity contribution >= 4 is 17.5 Å². The highest BCUT2D eigenvalue weighted by Gasteiger charge is 2.23. The van der Waals surface area contributed by atoms with Crippen molar-refractivity contribution in [3.05, 3.63) is 34.9 Å². The van der Waals surface area contributed by atoms with Crippen LogP contribution in [-0.2, 0) is 0 Å². The van der Waals surface area contributed by atoms with Gasteiger partial charge >= 0.3 is 0 Å². The first-order chi connectivity index (χ1) is 9.56. The van der Waals surface area contributed by atoms with Crippen LogP contribution >= 0.6 is 11.6 Å². The predicted octanol–water partition coefficient (Wildman–Crippen LogP) is 3.19. The van der Waals surface area contributed by atoms with E-state index in [0.29, 0.717) is 17.0 Å². The van der Waals surface area contributed by atoms with Crippen LogP contribution in [0.25, 0.3) is 0 Å². The second kappa shape index (κ2) is 7.09. The van der Waals surface area contributed by atoms with Gasteiger partial charge in [0, 0.05) is 29.7 Å². The van der Waals surface area contributed by atoms with Crippen LogP contribution < -0.4 is 5.32 Å². The molecule has 0 bridgehead atoms. The van der Waals surface area contributed by atoms with Crippen molar-refractivity contribution in [3.8, 4) is 0 Å². The van der Waals surface area contributed by atoms with Crippen molar-refractivity contribution < 1.29 is 4.79 Å². The largest absolute Gasteiger partial charge is 0.337 e. The number of halogens is 1. The molecule has 1 aliphatic heterocycles. The second-order valence-electron chi connectivity index (χ2n) is 5.89. The first kappa shape index (κ1) is 15.3. The molecule has 0 aromatic heterocycles. The van der Waals surface area contributed by atoms with E-state index in [1.54, 1.807) is 24.3 Å². The molecule has 1 N–H and O–H groups in total. The number of nitrogens with zero attached hydrogens (tertiary/aromatic N) is 1. The van der Waals surface area contributed by atoms with Gasteiger partial charge in [0.2, 0.25) is 0 Å². The van der Waals surface area contributed by atoms with Gasteiger partial charge in [-0.05, 0) is 49.6 Å². The van der Waals surface area contributed by atoms with Gasteiger partial charge in [0.05, 0.1) is 0 Å². The molecule has 0 radical (unpaired) electrons. The van der Waals surface area contributed by atoms with E-state index in [9.17, 15) is 4.79 Å². The van der Waals surface area contributed by atoms with E-state index >= 15 is 0 Å². The van der Waals surface area contributed by atoms with Gasteiger partial charge < -0.3 is 10.2 Å². The zero-order valence-corrected chi connectivity index (χ0v) is 13.0. The molecule has 0 saturated carbocycles. The molecule has 1 saturated heterocycles. The van der Waals surface area contributed by atoms with E-state index in [1.165, 1.54) is 0 Å². The highest BCUT2D eigenvalue weighted by Crippen LogP contribution is 2.15. The summed E-state index contributed by atoms with van der Waals surface area (Å²) in [7, 11) is 0. The van der Waals surface area contributed by atoms with Gasteiger partial charge in [0.25, 0.3) is 5.91 Å². The molecule has 0 spiro atoms.